The van der Waals surface area contributed by atoms with E-state index in [-0.39, 0.29) is 43.7 Å². The Labute approximate surface area is 222 Å². The second-order valence-corrected chi connectivity index (χ2v) is 9.60. The Morgan fingerprint density at radius 1 is 1.05 bits per heavy atom. The summed E-state index contributed by atoms with van der Waals surface area (Å²) < 4.78 is 20.2. The van der Waals surface area contributed by atoms with E-state index in [2.05, 4.69) is 10.6 Å². The lowest BCUT2D eigenvalue weighted by atomic mass is 9.99. The Hall–Kier alpha value is -4.20. The lowest BCUT2D eigenvalue weighted by Crippen LogP contribution is -2.34. The van der Waals surface area contributed by atoms with E-state index in [0.29, 0.717) is 16.9 Å². The second-order valence-electron chi connectivity index (χ2n) is 9.60. The number of carbonyl (C=O) groups is 3. The van der Waals surface area contributed by atoms with E-state index in [1.54, 1.807) is 18.2 Å². The van der Waals surface area contributed by atoms with Crippen LogP contribution in [0.3, 0.4) is 0 Å². The van der Waals surface area contributed by atoms with Gasteiger partial charge in [-0.05, 0) is 50.1 Å². The average Bonchev–Trinajstić information content (AvgIpc) is 3.28. The highest BCUT2D eigenvalue weighted by molar-refractivity contribution is 5.99. The van der Waals surface area contributed by atoms with E-state index >= 15 is 0 Å². The Morgan fingerprint density at radius 3 is 2.53 bits per heavy atom. The molecule has 3 aromatic carbocycles. The molecule has 38 heavy (non-hydrogen) atoms. The number of aryl methyl sites for hydroxylation is 2. The van der Waals surface area contributed by atoms with Gasteiger partial charge in [0.1, 0.15) is 11.9 Å². The van der Waals surface area contributed by atoms with Gasteiger partial charge >= 0.3 is 6.09 Å². The maximum atomic E-state index is 14.8. The summed E-state index contributed by atoms with van der Waals surface area (Å²) >= 11 is 0. The minimum atomic E-state index is -0.605. The SMILES string of the molecule is Cc1ccc(C(=O)CCC(=O)NCC2CN(c3ccc(NC(C)c4ccccc4)c(F)c3)C(=O)O2)c(C)c1. The van der Waals surface area contributed by atoms with Crippen LogP contribution in [-0.2, 0) is 9.53 Å². The summed E-state index contributed by atoms with van der Waals surface area (Å²) in [6.45, 7) is 6.06. The van der Waals surface area contributed by atoms with Gasteiger partial charge in [-0.3, -0.25) is 14.5 Å². The van der Waals surface area contributed by atoms with Crippen LogP contribution in [0.25, 0.3) is 0 Å². The summed E-state index contributed by atoms with van der Waals surface area (Å²) in [5, 5.41) is 5.88. The normalized spacial score (nSPS) is 15.6. The number of cyclic esters (lactones) is 1. The predicted molar refractivity (Wildman–Crippen MR) is 145 cm³/mol. The van der Waals surface area contributed by atoms with Crippen LogP contribution in [0.1, 0.15) is 52.9 Å². The minimum Gasteiger partial charge on any atom is -0.442 e. The molecule has 0 saturated carbocycles. The first-order valence-corrected chi connectivity index (χ1v) is 12.7. The van der Waals surface area contributed by atoms with Crippen LogP contribution in [0.15, 0.2) is 66.7 Å². The third-order valence-electron chi connectivity index (χ3n) is 6.60. The molecule has 0 radical (unpaired) electrons. The molecular weight excluding hydrogens is 485 g/mol. The number of ketones is 1. The maximum Gasteiger partial charge on any atom is 0.414 e. The summed E-state index contributed by atoms with van der Waals surface area (Å²) in [4.78, 5) is 38.5. The smallest absolute Gasteiger partial charge is 0.414 e. The Morgan fingerprint density at radius 2 is 1.82 bits per heavy atom. The summed E-state index contributed by atoms with van der Waals surface area (Å²) in [6.07, 6.45) is -1.06. The van der Waals surface area contributed by atoms with Gasteiger partial charge in [0.25, 0.3) is 0 Å². The van der Waals surface area contributed by atoms with Gasteiger partial charge in [-0.15, -0.1) is 0 Å². The number of ether oxygens (including phenoxy) is 1. The molecule has 1 aliphatic rings. The largest absolute Gasteiger partial charge is 0.442 e. The summed E-state index contributed by atoms with van der Waals surface area (Å²) in [7, 11) is 0. The Balaban J connectivity index is 1.27. The molecule has 2 atom stereocenters. The lowest BCUT2D eigenvalue weighted by molar-refractivity contribution is -0.121. The van der Waals surface area contributed by atoms with Gasteiger partial charge in [-0.25, -0.2) is 9.18 Å². The van der Waals surface area contributed by atoms with Crippen molar-refractivity contribution in [3.63, 3.8) is 0 Å². The van der Waals surface area contributed by atoms with E-state index in [0.717, 1.165) is 16.7 Å². The van der Waals surface area contributed by atoms with E-state index in [4.69, 9.17) is 4.74 Å². The monoisotopic (exact) mass is 517 g/mol. The molecule has 1 saturated heterocycles. The van der Waals surface area contributed by atoms with Crippen LogP contribution < -0.4 is 15.5 Å². The molecule has 3 aromatic rings. The van der Waals surface area contributed by atoms with Gasteiger partial charge in [0.2, 0.25) is 5.91 Å². The predicted octanol–water partition coefficient (Wildman–Crippen LogP) is 5.72. The zero-order chi connectivity index (χ0) is 27.2. The van der Waals surface area contributed by atoms with Gasteiger partial charge in [-0.1, -0.05) is 54.1 Å². The quantitative estimate of drug-likeness (QED) is 0.336. The number of Topliss-reactive ketones (excluding diaryl/α,β-unsaturated/α-hetero) is 1. The molecule has 2 amide bonds. The minimum absolute atomic E-state index is 0.0393. The number of anilines is 2. The van der Waals surface area contributed by atoms with E-state index in [9.17, 15) is 18.8 Å². The number of amides is 2. The molecular formula is C30H32FN3O4. The first-order valence-electron chi connectivity index (χ1n) is 12.7. The van der Waals surface area contributed by atoms with Gasteiger partial charge in [0.15, 0.2) is 5.78 Å². The molecule has 2 unspecified atom stereocenters. The number of hydrogen-bond acceptors (Lipinski definition) is 5. The molecule has 8 heteroatoms. The number of nitrogens with one attached hydrogen (secondary N) is 2. The molecule has 198 valence electrons. The third-order valence-corrected chi connectivity index (χ3v) is 6.60. The molecule has 1 aliphatic heterocycles. The molecule has 0 aromatic heterocycles. The third kappa shape index (κ3) is 6.56. The van der Waals surface area contributed by atoms with Gasteiger partial charge in [0, 0.05) is 24.4 Å². The van der Waals surface area contributed by atoms with Gasteiger partial charge in [0.05, 0.1) is 24.5 Å². The summed E-state index contributed by atoms with van der Waals surface area (Å²) in [5.41, 5.74) is 4.31. The molecule has 1 fully saturated rings. The zero-order valence-corrected chi connectivity index (χ0v) is 21.8. The van der Waals surface area contributed by atoms with Crippen LogP contribution in [0.2, 0.25) is 0 Å². The number of halogens is 1. The highest BCUT2D eigenvalue weighted by Gasteiger charge is 2.33. The van der Waals surface area contributed by atoms with Crippen molar-refractivity contribution in [2.45, 2.75) is 45.8 Å². The van der Waals surface area contributed by atoms with Crippen LogP contribution in [-0.4, -0.2) is 37.0 Å². The van der Waals surface area contributed by atoms with E-state index < -0.39 is 18.0 Å². The maximum absolute atomic E-state index is 14.8. The fourth-order valence-corrected chi connectivity index (χ4v) is 4.49. The standard InChI is InChI=1S/C30H32FN3O4/c1-19-9-11-25(20(2)15-19)28(35)13-14-29(36)32-17-24-18-34(30(37)38-24)23-10-12-27(26(31)16-23)33-21(3)22-7-5-4-6-8-22/h4-12,15-16,21,24,33H,13-14,17-18H2,1-3H3,(H,32,36). The summed E-state index contributed by atoms with van der Waals surface area (Å²) in [5.74, 6) is -0.871. The van der Waals surface area contributed by atoms with Gasteiger partial charge in [-0.2, -0.15) is 0 Å². The molecule has 7 nitrogen and oxygen atoms in total. The molecule has 0 aliphatic carbocycles. The first-order chi connectivity index (χ1) is 18.2. The van der Waals surface area contributed by atoms with Crippen molar-refractivity contribution in [3.05, 3.63) is 94.8 Å². The highest BCUT2D eigenvalue weighted by atomic mass is 19.1. The van der Waals surface area contributed by atoms with E-state index in [1.807, 2.05) is 63.2 Å². The van der Waals surface area contributed by atoms with Crippen LogP contribution in [0.4, 0.5) is 20.6 Å². The Bertz CT molecular complexity index is 1330. The van der Waals surface area contributed by atoms with Crippen molar-refractivity contribution in [1.82, 2.24) is 5.32 Å². The van der Waals surface area contributed by atoms with Crippen LogP contribution in [0.5, 0.6) is 0 Å². The fraction of sp³-hybridized carbons (Fsp3) is 0.300. The van der Waals surface area contributed by atoms with Crippen molar-refractivity contribution in [3.8, 4) is 0 Å². The van der Waals surface area contributed by atoms with Crippen molar-refractivity contribution < 1.29 is 23.5 Å². The average molecular weight is 518 g/mol. The molecule has 1 heterocycles. The lowest BCUT2D eigenvalue weighted by Gasteiger charge is -2.18. The first kappa shape index (κ1) is 26.9. The second kappa shape index (κ2) is 11.9. The van der Waals surface area contributed by atoms with Crippen molar-refractivity contribution in [2.75, 3.05) is 23.3 Å². The van der Waals surface area contributed by atoms with Crippen LogP contribution >= 0.6 is 0 Å². The number of rotatable bonds is 10. The molecule has 4 rings (SSSR count). The topological polar surface area (TPSA) is 87.7 Å². The molecule has 2 N–H and O–H groups in total. The van der Waals surface area contributed by atoms with Crippen molar-refractivity contribution >= 4 is 29.2 Å². The fourth-order valence-electron chi connectivity index (χ4n) is 4.49. The number of benzene rings is 3. The zero-order valence-electron chi connectivity index (χ0n) is 21.8. The molecule has 0 bridgehead atoms. The number of hydrogen-bond donors (Lipinski definition) is 2. The van der Waals surface area contributed by atoms with Crippen molar-refractivity contribution in [1.29, 1.82) is 0 Å². The molecule has 0 spiro atoms. The number of nitrogens with zero attached hydrogens (tertiary/aromatic N) is 1. The Kier molecular flexibility index (Phi) is 8.41. The van der Waals surface area contributed by atoms with E-state index in [1.165, 1.54) is 11.0 Å². The van der Waals surface area contributed by atoms with Crippen molar-refractivity contribution in [2.24, 2.45) is 0 Å². The highest BCUT2D eigenvalue weighted by Crippen LogP contribution is 2.28. The number of carbonyl (C=O) groups excluding carboxylic acids is 3. The van der Waals surface area contributed by atoms with Crippen LogP contribution in [0, 0.1) is 19.7 Å². The van der Waals surface area contributed by atoms with Gasteiger partial charge < -0.3 is 15.4 Å². The summed E-state index contributed by atoms with van der Waals surface area (Å²) in [6, 6.07) is 19.8.